The topological polar surface area (TPSA) is 47.6 Å². The molecule has 1 heterocycles. The van der Waals surface area contributed by atoms with Crippen LogP contribution >= 0.6 is 0 Å². The summed E-state index contributed by atoms with van der Waals surface area (Å²) in [4.78, 5) is 12.6. The van der Waals surface area contributed by atoms with Gasteiger partial charge in [-0.15, -0.1) is 0 Å². The number of hydrogen-bond donors (Lipinski definition) is 1. The smallest absolute Gasteiger partial charge is 0.225 e. The van der Waals surface area contributed by atoms with E-state index in [4.69, 9.17) is 9.47 Å². The fraction of sp³-hybridized carbons (Fsp3) is 0.261. The second-order valence-corrected chi connectivity index (χ2v) is 7.10. The Kier molecular flexibility index (Phi) is 4.48. The first-order valence-electron chi connectivity index (χ1n) is 9.23. The Balaban J connectivity index is 1.92. The predicted octanol–water partition coefficient (Wildman–Crippen LogP) is 5.11. The highest BCUT2D eigenvalue weighted by molar-refractivity contribution is 6.06. The largest absolute Gasteiger partial charge is 0.493 e. The maximum Gasteiger partial charge on any atom is 0.225 e. The third-order valence-electron chi connectivity index (χ3n) is 4.95. The van der Waals surface area contributed by atoms with E-state index in [1.165, 1.54) is 0 Å². The van der Waals surface area contributed by atoms with Crippen molar-refractivity contribution >= 4 is 22.4 Å². The molecule has 4 rings (SSSR count). The fourth-order valence-electron chi connectivity index (χ4n) is 3.81. The average Bonchev–Trinajstić information content (AvgIpc) is 2.67. The maximum absolute atomic E-state index is 12.6. The number of carbonyl (C=O) groups excluding carboxylic acids is 1. The van der Waals surface area contributed by atoms with E-state index in [1.807, 2.05) is 50.2 Å². The number of hydrogen-bond acceptors (Lipinski definition) is 3. The summed E-state index contributed by atoms with van der Waals surface area (Å²) in [5, 5.41) is 5.25. The molecule has 0 aromatic heterocycles. The Morgan fingerprint density at radius 1 is 1.00 bits per heavy atom. The van der Waals surface area contributed by atoms with Crippen molar-refractivity contribution in [3.63, 3.8) is 0 Å². The van der Waals surface area contributed by atoms with Crippen molar-refractivity contribution in [1.82, 2.24) is 0 Å². The van der Waals surface area contributed by atoms with Gasteiger partial charge in [-0.3, -0.25) is 4.79 Å². The van der Waals surface area contributed by atoms with Crippen LogP contribution < -0.4 is 14.8 Å². The minimum atomic E-state index is -0.0813. The monoisotopic (exact) mass is 361 g/mol. The van der Waals surface area contributed by atoms with Crippen molar-refractivity contribution in [2.24, 2.45) is 0 Å². The van der Waals surface area contributed by atoms with Gasteiger partial charge in [0.05, 0.1) is 18.9 Å². The molecule has 1 atom stereocenters. The molecule has 0 unspecified atom stereocenters. The lowest BCUT2D eigenvalue weighted by molar-refractivity contribution is -0.116. The van der Waals surface area contributed by atoms with Crippen LogP contribution in [0.15, 0.2) is 54.6 Å². The fourth-order valence-corrected chi connectivity index (χ4v) is 3.81. The van der Waals surface area contributed by atoms with Gasteiger partial charge in [-0.2, -0.15) is 0 Å². The van der Waals surface area contributed by atoms with E-state index in [9.17, 15) is 4.79 Å². The van der Waals surface area contributed by atoms with Gasteiger partial charge in [0.25, 0.3) is 0 Å². The molecule has 3 aromatic carbocycles. The van der Waals surface area contributed by atoms with Crippen LogP contribution in [0.25, 0.3) is 10.8 Å². The molecule has 1 aliphatic heterocycles. The number of para-hydroxylation sites is 1. The van der Waals surface area contributed by atoms with Crippen LogP contribution in [0.3, 0.4) is 0 Å². The molecule has 4 heteroatoms. The summed E-state index contributed by atoms with van der Waals surface area (Å²) in [6.07, 6.45) is 0.390. The summed E-state index contributed by atoms with van der Waals surface area (Å²) in [6.45, 7) is 3.98. The highest BCUT2D eigenvalue weighted by Crippen LogP contribution is 2.46. The molecule has 0 bridgehead atoms. The first-order chi connectivity index (χ1) is 13.1. The minimum absolute atomic E-state index is 0.00791. The van der Waals surface area contributed by atoms with Crippen molar-refractivity contribution in [3.8, 4) is 11.5 Å². The van der Waals surface area contributed by atoms with Crippen LogP contribution in [0.5, 0.6) is 11.5 Å². The van der Waals surface area contributed by atoms with Crippen molar-refractivity contribution in [1.29, 1.82) is 0 Å². The highest BCUT2D eigenvalue weighted by Gasteiger charge is 2.31. The van der Waals surface area contributed by atoms with Gasteiger partial charge >= 0.3 is 0 Å². The molecule has 0 saturated heterocycles. The van der Waals surface area contributed by atoms with Crippen LogP contribution in [0.4, 0.5) is 5.69 Å². The molecule has 1 N–H and O–H groups in total. The standard InChI is InChI=1S/C23H23NO3/c1-14(2)27-23-18(9-6-10-20(23)26-3)19-13-21(25)24-22-16-8-5-4-7-15(16)11-12-17(19)22/h4-12,14,19H,13H2,1-3H3,(H,24,25)/t19-/m1/s1. The molecular formula is C23H23NO3. The maximum atomic E-state index is 12.6. The van der Waals surface area contributed by atoms with Crippen molar-refractivity contribution in [2.75, 3.05) is 12.4 Å². The number of fused-ring (bicyclic) bond motifs is 3. The van der Waals surface area contributed by atoms with E-state index in [2.05, 4.69) is 23.5 Å². The molecule has 3 aromatic rings. The summed E-state index contributed by atoms with van der Waals surface area (Å²) >= 11 is 0. The highest BCUT2D eigenvalue weighted by atomic mass is 16.5. The van der Waals surface area contributed by atoms with Crippen LogP contribution in [0.1, 0.15) is 37.3 Å². The SMILES string of the molecule is COc1cccc([C@@H]2CC(=O)Nc3c2ccc2ccccc32)c1OC(C)C. The molecule has 27 heavy (non-hydrogen) atoms. The lowest BCUT2D eigenvalue weighted by atomic mass is 9.82. The zero-order valence-corrected chi connectivity index (χ0v) is 15.8. The lowest BCUT2D eigenvalue weighted by Crippen LogP contribution is -2.24. The predicted molar refractivity (Wildman–Crippen MR) is 108 cm³/mol. The number of rotatable bonds is 4. The molecule has 0 spiro atoms. The molecule has 0 fully saturated rings. The van der Waals surface area contributed by atoms with E-state index in [-0.39, 0.29) is 17.9 Å². The minimum Gasteiger partial charge on any atom is -0.493 e. The average molecular weight is 361 g/mol. The summed E-state index contributed by atoms with van der Waals surface area (Å²) in [6, 6.07) is 18.2. The van der Waals surface area contributed by atoms with Gasteiger partial charge in [0.1, 0.15) is 0 Å². The van der Waals surface area contributed by atoms with Gasteiger partial charge in [0.2, 0.25) is 5.91 Å². The van der Waals surface area contributed by atoms with Crippen LogP contribution in [-0.4, -0.2) is 19.1 Å². The first-order valence-corrected chi connectivity index (χ1v) is 9.23. The van der Waals surface area contributed by atoms with Crippen LogP contribution in [-0.2, 0) is 4.79 Å². The molecule has 0 saturated carbocycles. The van der Waals surface area contributed by atoms with Gasteiger partial charge in [-0.25, -0.2) is 0 Å². The van der Waals surface area contributed by atoms with Crippen LogP contribution in [0, 0.1) is 0 Å². The normalized spacial score (nSPS) is 16.1. The third kappa shape index (κ3) is 3.12. The van der Waals surface area contributed by atoms with Crippen molar-refractivity contribution < 1.29 is 14.3 Å². The zero-order chi connectivity index (χ0) is 19.0. The van der Waals surface area contributed by atoms with Crippen LogP contribution in [0.2, 0.25) is 0 Å². The first kappa shape index (κ1) is 17.4. The number of methoxy groups -OCH3 is 1. The van der Waals surface area contributed by atoms with E-state index in [0.29, 0.717) is 17.9 Å². The summed E-state index contributed by atoms with van der Waals surface area (Å²) in [7, 11) is 1.64. The molecule has 4 nitrogen and oxygen atoms in total. The van der Waals surface area contributed by atoms with E-state index < -0.39 is 0 Å². The number of amides is 1. The summed E-state index contributed by atoms with van der Waals surface area (Å²) in [5.74, 6) is 1.34. The Morgan fingerprint density at radius 3 is 2.59 bits per heavy atom. The Bertz CT molecular complexity index is 1010. The molecular weight excluding hydrogens is 338 g/mol. The second-order valence-electron chi connectivity index (χ2n) is 7.10. The molecule has 1 amide bonds. The third-order valence-corrected chi connectivity index (χ3v) is 4.95. The van der Waals surface area contributed by atoms with Gasteiger partial charge in [0.15, 0.2) is 11.5 Å². The Labute approximate surface area is 159 Å². The summed E-state index contributed by atoms with van der Waals surface area (Å²) < 4.78 is 11.6. The Hall–Kier alpha value is -3.01. The van der Waals surface area contributed by atoms with E-state index in [0.717, 1.165) is 27.6 Å². The van der Waals surface area contributed by atoms with Crippen molar-refractivity contribution in [3.05, 3.63) is 65.7 Å². The number of benzene rings is 3. The zero-order valence-electron chi connectivity index (χ0n) is 15.8. The summed E-state index contributed by atoms with van der Waals surface area (Å²) in [5.41, 5.74) is 2.98. The van der Waals surface area contributed by atoms with Gasteiger partial charge in [-0.05, 0) is 30.9 Å². The van der Waals surface area contributed by atoms with E-state index in [1.54, 1.807) is 7.11 Å². The Morgan fingerprint density at radius 2 is 1.81 bits per heavy atom. The van der Waals surface area contributed by atoms with E-state index >= 15 is 0 Å². The van der Waals surface area contributed by atoms with Gasteiger partial charge in [-0.1, -0.05) is 48.5 Å². The molecule has 0 radical (unpaired) electrons. The van der Waals surface area contributed by atoms with Gasteiger partial charge in [0, 0.05) is 23.3 Å². The molecule has 0 aliphatic carbocycles. The number of anilines is 1. The second kappa shape index (κ2) is 6.95. The lowest BCUT2D eigenvalue weighted by Gasteiger charge is -2.29. The van der Waals surface area contributed by atoms with Crippen molar-refractivity contribution in [2.45, 2.75) is 32.3 Å². The number of ether oxygens (including phenoxy) is 2. The molecule has 138 valence electrons. The molecule has 1 aliphatic rings. The number of nitrogens with one attached hydrogen (secondary N) is 1. The number of carbonyl (C=O) groups is 1. The quantitative estimate of drug-likeness (QED) is 0.702. The van der Waals surface area contributed by atoms with Gasteiger partial charge < -0.3 is 14.8 Å².